The fraction of sp³-hybridized carbons (Fsp3) is 0.636. The molecule has 1 saturated heterocycles. The maximum Gasteiger partial charge on any atom is 0.226 e. The lowest BCUT2D eigenvalue weighted by Gasteiger charge is -2.63. The van der Waals surface area contributed by atoms with Gasteiger partial charge in [0.25, 0.3) is 0 Å². The molecule has 0 spiro atoms. The maximum atomic E-state index is 13.1. The van der Waals surface area contributed by atoms with Crippen molar-refractivity contribution in [3.63, 3.8) is 0 Å². The summed E-state index contributed by atoms with van der Waals surface area (Å²) >= 11 is 0. The summed E-state index contributed by atoms with van der Waals surface area (Å²) in [4.78, 5) is 27.5. The van der Waals surface area contributed by atoms with Crippen molar-refractivity contribution >= 4 is 11.7 Å². The molecule has 1 aliphatic heterocycles. The van der Waals surface area contributed by atoms with Crippen LogP contribution in [0.1, 0.15) is 56.1 Å². The number of carbonyl (C=O) groups is 2. The number of ketones is 1. The van der Waals surface area contributed by atoms with Crippen molar-refractivity contribution < 1.29 is 19.4 Å². The molecule has 1 aromatic carbocycles. The second kappa shape index (κ2) is 5.81. The second-order valence-corrected chi connectivity index (χ2v) is 8.87. The first-order valence-electron chi connectivity index (χ1n) is 10.2. The molecule has 27 heavy (non-hydrogen) atoms. The Kier molecular flexibility index (Phi) is 3.71. The quantitative estimate of drug-likeness (QED) is 0.869. The van der Waals surface area contributed by atoms with Crippen LogP contribution in [0.25, 0.3) is 0 Å². The van der Waals surface area contributed by atoms with Crippen LogP contribution in [-0.2, 0) is 21.4 Å². The number of likely N-dealkylation sites (tertiary alicyclic amines) is 1. The number of hydrogen-bond acceptors (Lipinski definition) is 4. The molecule has 3 fully saturated rings. The fourth-order valence-corrected chi connectivity index (χ4v) is 6.07. The second-order valence-electron chi connectivity index (χ2n) is 8.87. The van der Waals surface area contributed by atoms with Gasteiger partial charge in [-0.05, 0) is 55.4 Å². The number of amides is 1. The van der Waals surface area contributed by atoms with E-state index >= 15 is 0 Å². The molecule has 5 heteroatoms. The predicted molar refractivity (Wildman–Crippen MR) is 99.6 cm³/mol. The first-order chi connectivity index (χ1) is 13.0. The van der Waals surface area contributed by atoms with Gasteiger partial charge in [-0.15, -0.1) is 0 Å². The topological polar surface area (TPSA) is 66.8 Å². The third-order valence-corrected chi connectivity index (χ3v) is 7.80. The van der Waals surface area contributed by atoms with Crippen molar-refractivity contribution in [2.75, 3.05) is 13.7 Å². The van der Waals surface area contributed by atoms with Crippen LogP contribution in [0.15, 0.2) is 18.2 Å². The molecular formula is C22H27NO4. The van der Waals surface area contributed by atoms with Gasteiger partial charge in [0.15, 0.2) is 0 Å². The summed E-state index contributed by atoms with van der Waals surface area (Å²) < 4.78 is 5.44. The molecule has 1 N–H and O–H groups in total. The molecule has 2 bridgehead atoms. The molecule has 3 atom stereocenters. The van der Waals surface area contributed by atoms with Crippen molar-refractivity contribution in [2.45, 2.75) is 68.4 Å². The maximum absolute atomic E-state index is 13.1. The van der Waals surface area contributed by atoms with Crippen LogP contribution in [0, 0.1) is 5.92 Å². The van der Waals surface area contributed by atoms with E-state index in [1.807, 2.05) is 17.0 Å². The van der Waals surface area contributed by atoms with Crippen LogP contribution in [0.2, 0.25) is 0 Å². The van der Waals surface area contributed by atoms with E-state index in [1.54, 1.807) is 7.11 Å². The molecule has 0 radical (unpaired) electrons. The Labute approximate surface area is 159 Å². The zero-order valence-corrected chi connectivity index (χ0v) is 15.9. The highest BCUT2D eigenvalue weighted by molar-refractivity contribution is 5.84. The number of aliphatic hydroxyl groups is 1. The van der Waals surface area contributed by atoms with E-state index in [0.29, 0.717) is 38.6 Å². The molecule has 2 saturated carbocycles. The molecule has 1 aromatic rings. The van der Waals surface area contributed by atoms with E-state index in [2.05, 4.69) is 6.07 Å². The number of rotatable bonds is 2. The van der Waals surface area contributed by atoms with E-state index in [0.717, 1.165) is 36.1 Å². The summed E-state index contributed by atoms with van der Waals surface area (Å²) in [5.41, 5.74) is 0.583. The normalized spacial score (nSPS) is 35.1. The molecule has 1 heterocycles. The average molecular weight is 369 g/mol. The van der Waals surface area contributed by atoms with E-state index in [4.69, 9.17) is 4.74 Å². The van der Waals surface area contributed by atoms with Gasteiger partial charge >= 0.3 is 0 Å². The zero-order valence-electron chi connectivity index (χ0n) is 15.9. The van der Waals surface area contributed by atoms with Crippen LogP contribution >= 0.6 is 0 Å². The monoisotopic (exact) mass is 369 g/mol. The van der Waals surface area contributed by atoms with Crippen LogP contribution in [0.3, 0.4) is 0 Å². The van der Waals surface area contributed by atoms with Gasteiger partial charge in [-0.3, -0.25) is 9.59 Å². The van der Waals surface area contributed by atoms with Crippen molar-refractivity contribution in [1.29, 1.82) is 0 Å². The number of ether oxygens (including phenoxy) is 1. The highest BCUT2D eigenvalue weighted by atomic mass is 16.5. The first kappa shape index (κ1) is 17.2. The fourth-order valence-electron chi connectivity index (χ4n) is 6.07. The number of hydrogen-bond donors (Lipinski definition) is 1. The number of nitrogens with zero attached hydrogens (tertiary/aromatic N) is 1. The van der Waals surface area contributed by atoms with E-state index in [1.165, 1.54) is 0 Å². The number of piperidine rings is 1. The van der Waals surface area contributed by atoms with Crippen molar-refractivity contribution in [1.82, 2.24) is 4.90 Å². The Bertz CT molecular complexity index is 817. The van der Waals surface area contributed by atoms with Crippen molar-refractivity contribution in [3.8, 4) is 5.75 Å². The molecule has 3 aliphatic carbocycles. The molecule has 5 rings (SSSR count). The molecule has 144 valence electrons. The minimum atomic E-state index is -1.03. The first-order valence-corrected chi connectivity index (χ1v) is 10.2. The summed E-state index contributed by atoms with van der Waals surface area (Å²) in [6.45, 7) is 0.631. The summed E-state index contributed by atoms with van der Waals surface area (Å²) in [7, 11) is 1.64. The van der Waals surface area contributed by atoms with Crippen LogP contribution in [-0.4, -0.2) is 47.0 Å². The Morgan fingerprint density at radius 2 is 2.11 bits per heavy atom. The predicted octanol–water partition coefficient (Wildman–Crippen LogP) is 2.37. The number of fused-ring (bicyclic) bond motifs is 1. The largest absolute Gasteiger partial charge is 0.497 e. The number of carbonyl (C=O) groups excluding carboxylic acids is 2. The van der Waals surface area contributed by atoms with Crippen LogP contribution < -0.4 is 4.74 Å². The minimum absolute atomic E-state index is 0.128. The standard InChI is InChI=1S/C22H27NO4/c1-27-17-6-5-15-11-19-22(26)8-7-16(24)13-21(22,18(15)12-17)9-10-23(19)20(25)14-3-2-4-14/h5-6,12,14,19,26H,2-4,7-11,13H2,1H3/t19-,21-,22-/m1/s1. The lowest BCUT2D eigenvalue weighted by Crippen LogP contribution is -2.74. The molecule has 5 nitrogen and oxygen atoms in total. The van der Waals surface area contributed by atoms with E-state index in [9.17, 15) is 14.7 Å². The summed E-state index contributed by atoms with van der Waals surface area (Å²) in [6, 6.07) is 5.78. The van der Waals surface area contributed by atoms with Gasteiger partial charge in [-0.25, -0.2) is 0 Å². The molecule has 0 aromatic heterocycles. The molecule has 0 unspecified atom stereocenters. The van der Waals surface area contributed by atoms with Crippen LogP contribution in [0.4, 0.5) is 0 Å². The lowest BCUT2D eigenvalue weighted by atomic mass is 9.49. The van der Waals surface area contributed by atoms with Gasteiger partial charge in [0, 0.05) is 30.7 Å². The Balaban J connectivity index is 1.63. The van der Waals surface area contributed by atoms with Crippen LogP contribution in [0.5, 0.6) is 5.75 Å². The highest BCUT2D eigenvalue weighted by Crippen LogP contribution is 2.58. The minimum Gasteiger partial charge on any atom is -0.497 e. The SMILES string of the molecule is COc1ccc2c(c1)[C@]13CCN(C(=O)C4CCC4)[C@H](C2)[C@]1(O)CCC(=O)C3. The average Bonchev–Trinajstić information content (AvgIpc) is 2.60. The molecular weight excluding hydrogens is 342 g/mol. The van der Waals surface area contributed by atoms with Gasteiger partial charge < -0.3 is 14.7 Å². The number of benzene rings is 1. The van der Waals surface area contributed by atoms with Gasteiger partial charge in [0.1, 0.15) is 11.5 Å². The highest BCUT2D eigenvalue weighted by Gasteiger charge is 2.65. The zero-order chi connectivity index (χ0) is 18.8. The Morgan fingerprint density at radius 3 is 2.81 bits per heavy atom. The van der Waals surface area contributed by atoms with E-state index in [-0.39, 0.29) is 23.7 Å². The third-order valence-electron chi connectivity index (χ3n) is 7.80. The van der Waals surface area contributed by atoms with Gasteiger partial charge in [0.2, 0.25) is 5.91 Å². The summed E-state index contributed by atoms with van der Waals surface area (Å²) in [6.07, 6.45) is 5.58. The van der Waals surface area contributed by atoms with Gasteiger partial charge in [0.05, 0.1) is 18.8 Å². The van der Waals surface area contributed by atoms with Gasteiger partial charge in [-0.2, -0.15) is 0 Å². The van der Waals surface area contributed by atoms with E-state index < -0.39 is 11.0 Å². The number of Topliss-reactive ketones (excluding diaryl/α,β-unsaturated/α-hetero) is 1. The molecule has 1 amide bonds. The Morgan fingerprint density at radius 1 is 1.30 bits per heavy atom. The van der Waals surface area contributed by atoms with Crippen molar-refractivity contribution in [3.05, 3.63) is 29.3 Å². The Hall–Kier alpha value is -1.88. The summed E-state index contributed by atoms with van der Waals surface area (Å²) in [5, 5.41) is 12.0. The van der Waals surface area contributed by atoms with Gasteiger partial charge in [-0.1, -0.05) is 12.5 Å². The van der Waals surface area contributed by atoms with Crippen molar-refractivity contribution in [2.24, 2.45) is 5.92 Å². The number of methoxy groups -OCH3 is 1. The lowest BCUT2D eigenvalue weighted by molar-refractivity contribution is -0.183. The summed E-state index contributed by atoms with van der Waals surface area (Å²) in [5.74, 6) is 1.31. The smallest absolute Gasteiger partial charge is 0.226 e. The third kappa shape index (κ3) is 2.21. The molecule has 4 aliphatic rings.